The van der Waals surface area contributed by atoms with Gasteiger partial charge in [-0.2, -0.15) is 0 Å². The lowest BCUT2D eigenvalue weighted by Gasteiger charge is -2.29. The van der Waals surface area contributed by atoms with Gasteiger partial charge < -0.3 is 35.4 Å². The smallest absolute Gasteiger partial charge is 0.308 e. The minimum absolute atomic E-state index is 0.0674. The van der Waals surface area contributed by atoms with Gasteiger partial charge in [0.15, 0.2) is 0 Å². The maximum absolute atomic E-state index is 12.9. The van der Waals surface area contributed by atoms with Gasteiger partial charge in [0.25, 0.3) is 0 Å². The van der Waals surface area contributed by atoms with E-state index in [1.165, 1.54) is 33.3 Å². The summed E-state index contributed by atoms with van der Waals surface area (Å²) in [6, 6.07) is 13.1. The molecule has 0 saturated heterocycles. The van der Waals surface area contributed by atoms with Crippen LogP contribution in [0.4, 0.5) is 0 Å². The molecule has 11 heteroatoms. The molecule has 0 heterocycles. The molecule has 5 N–H and O–H groups in total. The molecule has 0 saturated carbocycles. The average Bonchev–Trinajstić information content (AvgIpc) is 2.95. The summed E-state index contributed by atoms with van der Waals surface area (Å²) in [5.41, 5.74) is 1.42. The SMILES string of the molecule is COc1ccc(C[C@@H](NC(=O)/C=C/C[C@H](O)[C@H](C)[C@@H](O)[C@@H](OC)c2ccccc2)C(=O)NC[C@@H](C)C(=O)O)cc1Cl. The molecule has 0 radical (unpaired) electrons. The van der Waals surface area contributed by atoms with E-state index in [1.807, 2.05) is 30.3 Å². The number of carbonyl (C=O) groups excluding carboxylic acids is 2. The van der Waals surface area contributed by atoms with Crippen molar-refractivity contribution in [3.63, 3.8) is 0 Å². The first-order valence-corrected chi connectivity index (χ1v) is 13.6. The number of nitrogens with one attached hydrogen (secondary N) is 2. The number of ether oxygens (including phenoxy) is 2. The van der Waals surface area contributed by atoms with Crippen molar-refractivity contribution in [2.24, 2.45) is 11.8 Å². The fourth-order valence-electron chi connectivity index (χ4n) is 4.11. The zero-order valence-electron chi connectivity index (χ0n) is 23.6. The number of aliphatic hydroxyl groups excluding tert-OH is 2. The fraction of sp³-hybridized carbons (Fsp3) is 0.433. The van der Waals surface area contributed by atoms with Gasteiger partial charge >= 0.3 is 5.97 Å². The predicted octanol–water partition coefficient (Wildman–Crippen LogP) is 2.90. The van der Waals surface area contributed by atoms with E-state index in [9.17, 15) is 24.6 Å². The average molecular weight is 591 g/mol. The van der Waals surface area contributed by atoms with Crippen molar-refractivity contribution in [1.29, 1.82) is 0 Å². The van der Waals surface area contributed by atoms with Crippen LogP contribution in [-0.4, -0.2) is 72.1 Å². The fourth-order valence-corrected chi connectivity index (χ4v) is 4.39. The Labute approximate surface area is 245 Å². The number of carbonyl (C=O) groups is 3. The third-order valence-corrected chi connectivity index (χ3v) is 7.07. The molecule has 10 nitrogen and oxygen atoms in total. The van der Waals surface area contributed by atoms with Gasteiger partial charge in [-0.25, -0.2) is 0 Å². The predicted molar refractivity (Wildman–Crippen MR) is 155 cm³/mol. The van der Waals surface area contributed by atoms with E-state index in [4.69, 9.17) is 26.2 Å². The van der Waals surface area contributed by atoms with Gasteiger partial charge in [-0.15, -0.1) is 0 Å². The summed E-state index contributed by atoms with van der Waals surface area (Å²) in [4.78, 5) is 36.7. The van der Waals surface area contributed by atoms with E-state index in [0.717, 1.165) is 5.56 Å². The molecule has 0 aliphatic carbocycles. The first-order valence-electron chi connectivity index (χ1n) is 13.2. The van der Waals surface area contributed by atoms with E-state index >= 15 is 0 Å². The second-order valence-corrected chi connectivity index (χ2v) is 10.2. The van der Waals surface area contributed by atoms with Crippen LogP contribution in [-0.2, 0) is 25.5 Å². The lowest BCUT2D eigenvalue weighted by Crippen LogP contribution is -2.48. The van der Waals surface area contributed by atoms with Crippen LogP contribution < -0.4 is 15.4 Å². The molecule has 2 amide bonds. The normalized spacial score (nSPS) is 15.8. The molecule has 0 bridgehead atoms. The molecule has 2 aromatic rings. The largest absolute Gasteiger partial charge is 0.495 e. The molecule has 2 rings (SSSR count). The Morgan fingerprint density at radius 2 is 1.73 bits per heavy atom. The van der Waals surface area contributed by atoms with Crippen molar-refractivity contribution < 1.29 is 39.2 Å². The van der Waals surface area contributed by atoms with Gasteiger partial charge in [-0.3, -0.25) is 14.4 Å². The summed E-state index contributed by atoms with van der Waals surface area (Å²) in [7, 11) is 2.96. The minimum atomic E-state index is -1.06. The van der Waals surface area contributed by atoms with Gasteiger partial charge in [0.1, 0.15) is 17.9 Å². The summed E-state index contributed by atoms with van der Waals surface area (Å²) < 4.78 is 10.6. The highest BCUT2D eigenvalue weighted by atomic mass is 35.5. The summed E-state index contributed by atoms with van der Waals surface area (Å²) in [6.45, 7) is 3.04. The van der Waals surface area contributed by atoms with Gasteiger partial charge in [-0.05, 0) is 35.8 Å². The Morgan fingerprint density at radius 3 is 2.32 bits per heavy atom. The molecular weight excluding hydrogens is 552 g/mol. The number of benzene rings is 2. The molecule has 0 aliphatic rings. The first-order chi connectivity index (χ1) is 19.5. The molecular formula is C30H39ClN2O8. The number of aliphatic hydroxyl groups is 2. The van der Waals surface area contributed by atoms with Crippen molar-refractivity contribution in [1.82, 2.24) is 10.6 Å². The van der Waals surface area contributed by atoms with Crippen molar-refractivity contribution in [3.8, 4) is 5.75 Å². The Hall–Kier alpha value is -3.44. The summed E-state index contributed by atoms with van der Waals surface area (Å²) in [6.07, 6.45) is 0.194. The zero-order valence-corrected chi connectivity index (χ0v) is 24.4. The van der Waals surface area contributed by atoms with Gasteiger partial charge in [0.05, 0.1) is 30.3 Å². The molecule has 2 aromatic carbocycles. The van der Waals surface area contributed by atoms with Crippen molar-refractivity contribution >= 4 is 29.4 Å². The molecule has 0 aliphatic heterocycles. The third kappa shape index (κ3) is 10.5. The van der Waals surface area contributed by atoms with Gasteiger partial charge in [-0.1, -0.05) is 67.9 Å². The van der Waals surface area contributed by atoms with Crippen molar-refractivity contribution in [2.45, 2.75) is 51.0 Å². The van der Waals surface area contributed by atoms with Crippen LogP contribution >= 0.6 is 11.6 Å². The molecule has 0 fully saturated rings. The van der Waals surface area contributed by atoms with E-state index in [-0.39, 0.29) is 19.4 Å². The number of amides is 2. The Kier molecular flexibility index (Phi) is 13.8. The Balaban J connectivity index is 2.05. The second-order valence-electron chi connectivity index (χ2n) is 9.84. The summed E-state index contributed by atoms with van der Waals surface area (Å²) >= 11 is 6.21. The lowest BCUT2D eigenvalue weighted by atomic mass is 9.89. The highest BCUT2D eigenvalue weighted by Crippen LogP contribution is 2.28. The van der Waals surface area contributed by atoms with Gasteiger partial charge in [0.2, 0.25) is 11.8 Å². The molecule has 0 unspecified atom stereocenters. The monoisotopic (exact) mass is 590 g/mol. The van der Waals surface area contributed by atoms with Crippen LogP contribution in [0, 0.1) is 11.8 Å². The number of methoxy groups -OCH3 is 2. The summed E-state index contributed by atoms with van der Waals surface area (Å²) in [5, 5.41) is 36.1. The van der Waals surface area contributed by atoms with Crippen LogP contribution in [0.5, 0.6) is 5.75 Å². The first kappa shape index (κ1) is 33.8. The van der Waals surface area contributed by atoms with E-state index < -0.39 is 54.0 Å². The number of hydrogen-bond donors (Lipinski definition) is 5. The second kappa shape index (κ2) is 16.7. The number of carboxylic acid groups (broad SMARTS) is 1. The molecule has 0 aromatic heterocycles. The molecule has 224 valence electrons. The standard InChI is InChI=1S/C30H39ClN2O8/c1-18(30(38)39)17-32-29(37)23(16-20-13-14-25(40-3)22(31)15-20)33-26(35)12-8-11-24(34)19(2)27(36)28(41-4)21-9-6-5-7-10-21/h5-10,12-15,18-19,23-24,27-28,34,36H,11,16-17H2,1-4H3,(H,32,37)(H,33,35)(H,38,39)/b12-8+/t18-,19+,23-,24+,27-,28+/m1/s1. The number of aliphatic carboxylic acids is 1. The van der Waals surface area contributed by atoms with Crippen LogP contribution in [0.3, 0.4) is 0 Å². The third-order valence-electron chi connectivity index (χ3n) is 6.78. The Morgan fingerprint density at radius 1 is 1.05 bits per heavy atom. The van der Waals surface area contributed by atoms with E-state index in [0.29, 0.717) is 16.3 Å². The quantitative estimate of drug-likeness (QED) is 0.187. The number of carboxylic acids is 1. The lowest BCUT2D eigenvalue weighted by molar-refractivity contribution is -0.141. The van der Waals surface area contributed by atoms with Gasteiger partial charge in [0, 0.05) is 26.0 Å². The zero-order chi connectivity index (χ0) is 30.5. The number of hydrogen-bond acceptors (Lipinski definition) is 7. The minimum Gasteiger partial charge on any atom is -0.495 e. The van der Waals surface area contributed by atoms with Crippen molar-refractivity contribution in [2.75, 3.05) is 20.8 Å². The maximum atomic E-state index is 12.9. The van der Waals surface area contributed by atoms with Crippen LogP contribution in [0.2, 0.25) is 5.02 Å². The topological polar surface area (TPSA) is 154 Å². The number of rotatable bonds is 16. The van der Waals surface area contributed by atoms with E-state index in [2.05, 4.69) is 10.6 Å². The van der Waals surface area contributed by atoms with Crippen LogP contribution in [0.15, 0.2) is 60.7 Å². The Bertz CT molecular complexity index is 1180. The number of halogens is 1. The molecule has 6 atom stereocenters. The summed E-state index contributed by atoms with van der Waals surface area (Å²) in [5.74, 6) is -3.15. The maximum Gasteiger partial charge on any atom is 0.308 e. The highest BCUT2D eigenvalue weighted by Gasteiger charge is 2.30. The molecule has 41 heavy (non-hydrogen) atoms. The van der Waals surface area contributed by atoms with E-state index in [1.54, 1.807) is 25.1 Å². The highest BCUT2D eigenvalue weighted by molar-refractivity contribution is 6.32. The van der Waals surface area contributed by atoms with Crippen LogP contribution in [0.25, 0.3) is 0 Å². The van der Waals surface area contributed by atoms with Crippen LogP contribution in [0.1, 0.15) is 37.5 Å². The van der Waals surface area contributed by atoms with Crippen molar-refractivity contribution in [3.05, 3.63) is 76.8 Å². The molecule has 0 spiro atoms.